The highest BCUT2D eigenvalue weighted by Gasteiger charge is 2.44. The summed E-state index contributed by atoms with van der Waals surface area (Å²) in [5, 5.41) is 12.5. The van der Waals surface area contributed by atoms with Gasteiger partial charge in [-0.15, -0.1) is 11.3 Å². The minimum absolute atomic E-state index is 0.00274. The molecule has 4 heterocycles. The fourth-order valence-corrected chi connectivity index (χ4v) is 5.94. The van der Waals surface area contributed by atoms with Gasteiger partial charge in [0.2, 0.25) is 0 Å². The minimum Gasteiger partial charge on any atom is -0.338 e. The lowest BCUT2D eigenvalue weighted by atomic mass is 10.0. The maximum atomic E-state index is 13.3. The van der Waals surface area contributed by atoms with Crippen LogP contribution in [0.2, 0.25) is 5.02 Å². The number of carbonyl (C=O) groups excluding carboxylic acids is 2. The highest BCUT2D eigenvalue weighted by Crippen LogP contribution is 2.44. The Morgan fingerprint density at radius 2 is 2.00 bits per heavy atom. The fraction of sp³-hybridized carbons (Fsp3) is 0.385. The monoisotopic (exact) mass is 522 g/mol. The normalized spacial score (nSPS) is 20.5. The first-order chi connectivity index (χ1) is 17.4. The third-order valence-electron chi connectivity index (χ3n) is 6.81. The number of aryl methyl sites for hydroxylation is 1. The van der Waals surface area contributed by atoms with Crippen molar-refractivity contribution in [1.82, 2.24) is 25.0 Å². The molecule has 3 amide bonds. The van der Waals surface area contributed by atoms with Gasteiger partial charge in [0.1, 0.15) is 11.5 Å². The number of thiophene rings is 1. The average molecular weight is 523 g/mol. The number of carbonyl (C=O) groups is 2. The molecule has 3 aromatic rings. The van der Waals surface area contributed by atoms with Crippen LogP contribution in [0.15, 0.2) is 36.0 Å². The summed E-state index contributed by atoms with van der Waals surface area (Å²) >= 11 is 8.00. The summed E-state index contributed by atoms with van der Waals surface area (Å²) in [6, 6.07) is 5.90. The van der Waals surface area contributed by atoms with E-state index in [0.717, 1.165) is 41.9 Å². The summed E-state index contributed by atoms with van der Waals surface area (Å²) in [6.45, 7) is 5.89. The van der Waals surface area contributed by atoms with Crippen LogP contribution in [0.5, 0.6) is 0 Å². The maximum Gasteiger partial charge on any atom is 0.317 e. The van der Waals surface area contributed by atoms with Gasteiger partial charge in [-0.1, -0.05) is 29.5 Å². The van der Waals surface area contributed by atoms with Crippen molar-refractivity contribution in [1.29, 1.82) is 0 Å². The topological polar surface area (TPSA) is 92.2 Å². The van der Waals surface area contributed by atoms with Gasteiger partial charge in [0, 0.05) is 31.4 Å². The lowest BCUT2D eigenvalue weighted by molar-refractivity contribution is 0.101. The van der Waals surface area contributed by atoms with Gasteiger partial charge in [0.15, 0.2) is 0 Å². The first-order valence-corrected chi connectivity index (χ1v) is 13.3. The highest BCUT2D eigenvalue weighted by molar-refractivity contribution is 7.10. The van der Waals surface area contributed by atoms with Gasteiger partial charge >= 0.3 is 6.03 Å². The first kappa shape index (κ1) is 24.3. The molecule has 2 fully saturated rings. The third-order valence-corrected chi connectivity index (χ3v) is 7.88. The molecule has 2 aliphatic rings. The lowest BCUT2D eigenvalue weighted by Crippen LogP contribution is -2.39. The standard InChI is InChI=1S/C26H27ClN6O2S/c1-3-28-26(35)32-14-18-10-20(11-19(18)15-32)33-23(22(27)13-30-33)25(34)31-24-16(2)9-17(12-29-24)6-7-21-5-4-8-36-21/h4-5,8-9,12-13,18-20H,3,10-11,14-15H2,1-2H3,(H,28,35)(H,29,31,34)/t18-,19+,20+. The summed E-state index contributed by atoms with van der Waals surface area (Å²) in [5.74, 6) is 7.13. The smallest absolute Gasteiger partial charge is 0.317 e. The summed E-state index contributed by atoms with van der Waals surface area (Å²) in [7, 11) is 0. The third kappa shape index (κ3) is 4.97. The molecule has 1 aliphatic carbocycles. The van der Waals surface area contributed by atoms with Gasteiger partial charge in [-0.2, -0.15) is 5.10 Å². The molecule has 5 rings (SSSR count). The predicted octanol–water partition coefficient (Wildman–Crippen LogP) is 4.57. The van der Waals surface area contributed by atoms with E-state index in [1.54, 1.807) is 22.2 Å². The van der Waals surface area contributed by atoms with Crippen LogP contribution in [-0.2, 0) is 0 Å². The molecule has 0 bridgehead atoms. The molecule has 1 saturated carbocycles. The van der Waals surface area contributed by atoms with Gasteiger partial charge in [-0.05, 0) is 61.6 Å². The SMILES string of the molecule is CCNC(=O)N1C[C@H]2C[C@H](n3ncc(Cl)c3C(=O)Nc3ncc(C#Cc4cccs4)cc3C)C[C@H]2C1. The number of aromatic nitrogens is 3. The van der Waals surface area contributed by atoms with Crippen LogP contribution in [0.1, 0.15) is 52.3 Å². The van der Waals surface area contributed by atoms with Crippen molar-refractivity contribution in [2.75, 3.05) is 25.0 Å². The number of nitrogens with one attached hydrogen (secondary N) is 2. The second kappa shape index (κ2) is 10.3. The minimum atomic E-state index is -0.341. The highest BCUT2D eigenvalue weighted by atomic mass is 35.5. The number of anilines is 1. The van der Waals surface area contributed by atoms with Crippen LogP contribution in [0.4, 0.5) is 10.6 Å². The number of amides is 3. The van der Waals surface area contributed by atoms with Crippen LogP contribution >= 0.6 is 22.9 Å². The van der Waals surface area contributed by atoms with Gasteiger partial charge in [0.05, 0.1) is 22.1 Å². The zero-order valence-corrected chi connectivity index (χ0v) is 21.7. The van der Waals surface area contributed by atoms with Crippen LogP contribution in [0.25, 0.3) is 0 Å². The van der Waals surface area contributed by atoms with E-state index < -0.39 is 0 Å². The Balaban J connectivity index is 1.27. The number of hydrogen-bond acceptors (Lipinski definition) is 5. The van der Waals surface area contributed by atoms with Gasteiger partial charge in [-0.25, -0.2) is 9.78 Å². The number of hydrogen-bond donors (Lipinski definition) is 2. The summed E-state index contributed by atoms with van der Waals surface area (Å²) < 4.78 is 1.75. The molecule has 0 radical (unpaired) electrons. The number of halogens is 1. The molecule has 2 N–H and O–H groups in total. The van der Waals surface area contributed by atoms with E-state index >= 15 is 0 Å². The number of rotatable bonds is 4. The van der Waals surface area contributed by atoms with Gasteiger partial charge in [-0.3, -0.25) is 9.48 Å². The van der Waals surface area contributed by atoms with Crippen LogP contribution in [0.3, 0.4) is 0 Å². The molecule has 0 aromatic carbocycles. The van der Waals surface area contributed by atoms with Gasteiger partial charge < -0.3 is 15.5 Å². The zero-order chi connectivity index (χ0) is 25.2. The second-order valence-electron chi connectivity index (χ2n) is 9.24. The average Bonchev–Trinajstić information content (AvgIpc) is 3.63. The van der Waals surface area contributed by atoms with Crippen LogP contribution in [-0.4, -0.2) is 51.2 Å². The molecule has 186 valence electrons. The quantitative estimate of drug-likeness (QED) is 0.491. The van der Waals surface area contributed by atoms with E-state index in [9.17, 15) is 9.59 Å². The Hall–Kier alpha value is -3.35. The van der Waals surface area contributed by atoms with E-state index in [1.165, 1.54) is 6.20 Å². The van der Waals surface area contributed by atoms with E-state index in [1.807, 2.05) is 42.3 Å². The van der Waals surface area contributed by atoms with Crippen molar-refractivity contribution < 1.29 is 9.59 Å². The van der Waals surface area contributed by atoms with Crippen molar-refractivity contribution >= 4 is 40.7 Å². The Bertz CT molecular complexity index is 1330. The predicted molar refractivity (Wildman–Crippen MR) is 140 cm³/mol. The molecule has 8 nitrogen and oxygen atoms in total. The number of likely N-dealkylation sites (tertiary alicyclic amines) is 1. The van der Waals surface area contributed by atoms with Crippen molar-refractivity contribution in [3.05, 3.63) is 62.7 Å². The van der Waals surface area contributed by atoms with Gasteiger partial charge in [0.25, 0.3) is 5.91 Å². The summed E-state index contributed by atoms with van der Waals surface area (Å²) in [5.41, 5.74) is 1.93. The Morgan fingerprint density at radius 1 is 1.22 bits per heavy atom. The van der Waals surface area contributed by atoms with Crippen molar-refractivity contribution in [2.45, 2.75) is 32.7 Å². The Morgan fingerprint density at radius 3 is 2.67 bits per heavy atom. The first-order valence-electron chi connectivity index (χ1n) is 12.0. The number of nitrogens with zero attached hydrogens (tertiary/aromatic N) is 4. The molecule has 3 aromatic heterocycles. The summed E-state index contributed by atoms with van der Waals surface area (Å²) in [6.07, 6.45) is 4.89. The molecule has 1 saturated heterocycles. The zero-order valence-electron chi connectivity index (χ0n) is 20.1. The van der Waals surface area contributed by atoms with E-state index in [0.29, 0.717) is 34.9 Å². The molecular formula is C26H27ClN6O2S. The summed E-state index contributed by atoms with van der Waals surface area (Å²) in [4.78, 5) is 32.8. The second-order valence-corrected chi connectivity index (χ2v) is 10.6. The van der Waals surface area contributed by atoms with E-state index in [2.05, 4.69) is 32.6 Å². The number of pyridine rings is 1. The molecule has 36 heavy (non-hydrogen) atoms. The molecule has 0 spiro atoms. The molecule has 3 atom stereocenters. The maximum absolute atomic E-state index is 13.3. The van der Waals surface area contributed by atoms with E-state index in [4.69, 9.17) is 11.6 Å². The Kier molecular flexibility index (Phi) is 6.99. The lowest BCUT2D eigenvalue weighted by Gasteiger charge is -2.20. The fourth-order valence-electron chi connectivity index (χ4n) is 5.15. The van der Waals surface area contributed by atoms with Crippen molar-refractivity contribution in [3.63, 3.8) is 0 Å². The van der Waals surface area contributed by atoms with Crippen molar-refractivity contribution in [2.24, 2.45) is 11.8 Å². The number of fused-ring (bicyclic) bond motifs is 1. The largest absolute Gasteiger partial charge is 0.338 e. The van der Waals surface area contributed by atoms with Crippen LogP contribution < -0.4 is 10.6 Å². The van der Waals surface area contributed by atoms with Crippen molar-refractivity contribution in [3.8, 4) is 11.8 Å². The molecular weight excluding hydrogens is 496 g/mol. The van der Waals surface area contributed by atoms with Crippen LogP contribution in [0, 0.1) is 30.6 Å². The molecule has 10 heteroatoms. The molecule has 0 unspecified atom stereocenters. The Labute approximate surface area is 219 Å². The molecule has 1 aliphatic heterocycles. The number of urea groups is 1. The van der Waals surface area contributed by atoms with E-state index in [-0.39, 0.29) is 18.0 Å².